The minimum atomic E-state index is -0.00980. The lowest BCUT2D eigenvalue weighted by Gasteiger charge is -2.15. The fraction of sp³-hybridized carbons (Fsp3) is 0.222. The third-order valence-corrected chi connectivity index (χ3v) is 4.06. The van der Waals surface area contributed by atoms with Crippen molar-refractivity contribution in [1.29, 1.82) is 0 Å². The average Bonchev–Trinajstić information content (AvgIpc) is 3.00. The number of nitrogens with zero attached hydrogens (tertiary/aromatic N) is 3. The largest absolute Gasteiger partial charge is 0.318 e. The van der Waals surface area contributed by atoms with Crippen molar-refractivity contribution in [2.45, 2.75) is 19.9 Å². The Kier molecular flexibility index (Phi) is 3.67. The minimum Gasteiger partial charge on any atom is -0.318 e. The van der Waals surface area contributed by atoms with E-state index in [4.69, 9.17) is 0 Å². The van der Waals surface area contributed by atoms with Crippen molar-refractivity contribution < 1.29 is 0 Å². The van der Waals surface area contributed by atoms with E-state index in [9.17, 15) is 4.79 Å². The van der Waals surface area contributed by atoms with Crippen molar-refractivity contribution in [2.75, 3.05) is 0 Å². The highest BCUT2D eigenvalue weighted by Gasteiger charge is 2.12. The van der Waals surface area contributed by atoms with Gasteiger partial charge in [0, 0.05) is 36.6 Å². The van der Waals surface area contributed by atoms with E-state index in [1.807, 2.05) is 35.4 Å². The van der Waals surface area contributed by atoms with E-state index in [1.54, 1.807) is 17.7 Å². The van der Waals surface area contributed by atoms with Crippen LogP contribution in [-0.2, 0) is 7.05 Å². The van der Waals surface area contributed by atoms with Gasteiger partial charge in [-0.3, -0.25) is 9.48 Å². The molecule has 0 spiro atoms. The van der Waals surface area contributed by atoms with E-state index < -0.39 is 0 Å². The van der Waals surface area contributed by atoms with Gasteiger partial charge in [0.05, 0.1) is 12.2 Å². The van der Waals surface area contributed by atoms with E-state index in [1.165, 1.54) is 11.1 Å². The Morgan fingerprint density at radius 3 is 2.55 bits per heavy atom. The number of aromatic nitrogens is 3. The monoisotopic (exact) mass is 293 g/mol. The van der Waals surface area contributed by atoms with Crippen molar-refractivity contribution in [1.82, 2.24) is 14.3 Å². The van der Waals surface area contributed by atoms with Crippen molar-refractivity contribution in [3.05, 3.63) is 76.5 Å². The summed E-state index contributed by atoms with van der Waals surface area (Å²) in [5.41, 5.74) is 4.51. The second-order valence-electron chi connectivity index (χ2n) is 5.61. The molecule has 3 aromatic rings. The molecule has 3 rings (SSSR count). The maximum atomic E-state index is 11.5. The van der Waals surface area contributed by atoms with Gasteiger partial charge >= 0.3 is 0 Å². The summed E-state index contributed by atoms with van der Waals surface area (Å²) in [6.07, 6.45) is 5.70. The van der Waals surface area contributed by atoms with Gasteiger partial charge < -0.3 is 4.57 Å². The molecule has 0 saturated heterocycles. The Balaban J connectivity index is 1.95. The first-order chi connectivity index (χ1) is 10.6. The predicted molar refractivity (Wildman–Crippen MR) is 87.9 cm³/mol. The zero-order chi connectivity index (χ0) is 15.7. The summed E-state index contributed by atoms with van der Waals surface area (Å²) in [6.45, 7) is 4.25. The summed E-state index contributed by atoms with van der Waals surface area (Å²) in [7, 11) is 1.76. The lowest BCUT2D eigenvalue weighted by atomic mass is 10.0. The zero-order valence-electron chi connectivity index (χ0n) is 13.0. The molecule has 4 nitrogen and oxygen atoms in total. The third kappa shape index (κ3) is 2.60. The summed E-state index contributed by atoms with van der Waals surface area (Å²) in [4.78, 5) is 11.5. The second kappa shape index (κ2) is 5.64. The number of hydrogen-bond donors (Lipinski definition) is 0. The van der Waals surface area contributed by atoms with Crippen LogP contribution in [-0.4, -0.2) is 14.3 Å². The van der Waals surface area contributed by atoms with Crippen molar-refractivity contribution >= 4 is 0 Å². The first-order valence-electron chi connectivity index (χ1n) is 7.33. The molecule has 2 heterocycles. The first-order valence-corrected chi connectivity index (χ1v) is 7.33. The molecule has 0 fully saturated rings. The molecule has 0 bridgehead atoms. The van der Waals surface area contributed by atoms with Crippen LogP contribution in [0.2, 0.25) is 0 Å². The predicted octanol–water partition coefficient (Wildman–Crippen LogP) is 3.17. The molecule has 0 aliphatic heterocycles. The second-order valence-corrected chi connectivity index (χ2v) is 5.61. The number of rotatable bonds is 3. The van der Waals surface area contributed by atoms with Crippen molar-refractivity contribution in [3.63, 3.8) is 0 Å². The van der Waals surface area contributed by atoms with Crippen LogP contribution in [0.15, 0.2) is 59.8 Å². The van der Waals surface area contributed by atoms with Crippen LogP contribution < -0.4 is 5.56 Å². The molecule has 112 valence electrons. The molecule has 1 unspecified atom stereocenters. The van der Waals surface area contributed by atoms with Gasteiger partial charge in [-0.2, -0.15) is 5.10 Å². The number of benzene rings is 1. The van der Waals surface area contributed by atoms with Crippen LogP contribution >= 0.6 is 0 Å². The fourth-order valence-electron chi connectivity index (χ4n) is 2.66. The lowest BCUT2D eigenvalue weighted by molar-refractivity contribution is 0.562. The zero-order valence-corrected chi connectivity index (χ0v) is 13.0. The summed E-state index contributed by atoms with van der Waals surface area (Å²) >= 11 is 0. The van der Waals surface area contributed by atoms with Crippen LogP contribution in [0.4, 0.5) is 0 Å². The van der Waals surface area contributed by atoms with Crippen LogP contribution in [0.5, 0.6) is 0 Å². The molecule has 4 heteroatoms. The minimum absolute atomic E-state index is 0.00980. The molecule has 1 atom stereocenters. The molecule has 0 aliphatic carbocycles. The highest BCUT2D eigenvalue weighted by atomic mass is 16.1. The van der Waals surface area contributed by atoms with E-state index in [-0.39, 0.29) is 11.6 Å². The molecule has 0 amide bonds. The Hall–Kier alpha value is -2.62. The normalized spacial score (nSPS) is 12.3. The Morgan fingerprint density at radius 2 is 1.82 bits per heavy atom. The van der Waals surface area contributed by atoms with E-state index >= 15 is 0 Å². The topological polar surface area (TPSA) is 39.8 Å². The van der Waals surface area contributed by atoms with E-state index in [2.05, 4.69) is 37.1 Å². The van der Waals surface area contributed by atoms with Gasteiger partial charge in [-0.05, 0) is 31.0 Å². The van der Waals surface area contributed by atoms with Crippen LogP contribution in [0, 0.1) is 6.92 Å². The van der Waals surface area contributed by atoms with E-state index in [0.717, 1.165) is 11.1 Å². The molecule has 22 heavy (non-hydrogen) atoms. The molecule has 0 radical (unpaired) electrons. The highest BCUT2D eigenvalue weighted by molar-refractivity contribution is 5.60. The first kappa shape index (κ1) is 14.3. The molecular formula is C18H19N3O. The Morgan fingerprint density at radius 1 is 1.05 bits per heavy atom. The highest BCUT2D eigenvalue weighted by Crippen LogP contribution is 2.24. The molecule has 1 aromatic carbocycles. The molecule has 0 N–H and O–H groups in total. The summed E-state index contributed by atoms with van der Waals surface area (Å²) in [5, 5.41) is 4.49. The van der Waals surface area contributed by atoms with E-state index in [0.29, 0.717) is 0 Å². The maximum Gasteiger partial charge on any atom is 0.250 e. The standard InChI is InChI=1S/C18H19N3O/c1-13-6-4-5-7-17(13)14(2)21-12-16(10-19-21)15-8-9-18(22)20(3)11-15/h4-12,14H,1-3H3. The fourth-order valence-corrected chi connectivity index (χ4v) is 2.66. The molecule has 0 saturated carbocycles. The van der Waals surface area contributed by atoms with Gasteiger partial charge in [0.2, 0.25) is 5.56 Å². The van der Waals surface area contributed by atoms with Crippen molar-refractivity contribution in [2.24, 2.45) is 7.05 Å². The molecular weight excluding hydrogens is 274 g/mol. The smallest absolute Gasteiger partial charge is 0.250 e. The SMILES string of the molecule is Cc1ccccc1C(C)n1cc(-c2ccc(=O)n(C)c2)cn1. The van der Waals surface area contributed by atoms with Crippen LogP contribution in [0.3, 0.4) is 0 Å². The maximum absolute atomic E-state index is 11.5. The van der Waals surface area contributed by atoms with Gasteiger partial charge in [-0.1, -0.05) is 24.3 Å². The average molecular weight is 293 g/mol. The Labute approximate surface area is 129 Å². The van der Waals surface area contributed by atoms with Gasteiger partial charge in [-0.25, -0.2) is 0 Å². The van der Waals surface area contributed by atoms with Gasteiger partial charge in [0.25, 0.3) is 0 Å². The third-order valence-electron chi connectivity index (χ3n) is 4.06. The quantitative estimate of drug-likeness (QED) is 0.744. The number of pyridine rings is 1. The lowest BCUT2D eigenvalue weighted by Crippen LogP contribution is -2.13. The number of hydrogen-bond acceptors (Lipinski definition) is 2. The summed E-state index contributed by atoms with van der Waals surface area (Å²) in [5.74, 6) is 0. The van der Waals surface area contributed by atoms with Gasteiger partial charge in [-0.15, -0.1) is 0 Å². The van der Waals surface area contributed by atoms with Gasteiger partial charge in [0.15, 0.2) is 0 Å². The molecule has 2 aromatic heterocycles. The summed E-state index contributed by atoms with van der Waals surface area (Å²) in [6, 6.07) is 11.9. The molecule has 0 aliphatic rings. The van der Waals surface area contributed by atoms with Gasteiger partial charge in [0.1, 0.15) is 0 Å². The Bertz CT molecular complexity index is 861. The van der Waals surface area contributed by atoms with Crippen LogP contribution in [0.25, 0.3) is 11.1 Å². The van der Waals surface area contributed by atoms with Crippen molar-refractivity contribution in [3.8, 4) is 11.1 Å². The number of aryl methyl sites for hydroxylation is 2. The van der Waals surface area contributed by atoms with Crippen LogP contribution in [0.1, 0.15) is 24.1 Å². The summed E-state index contributed by atoms with van der Waals surface area (Å²) < 4.78 is 3.54.